The van der Waals surface area contributed by atoms with Crippen molar-refractivity contribution in [2.24, 2.45) is 0 Å². The molecule has 21 heavy (non-hydrogen) atoms. The Morgan fingerprint density at radius 2 is 2.19 bits per heavy atom. The standard InChI is InChI=1S/C17H22N2O2/c1-11(2)6-7-18-16(17(20)21)9-13-10-19-15-5-4-12(3)8-14(13)15/h4-6,8,10,16,18-19H,7,9H2,1-3H3,(H,20,21). The highest BCUT2D eigenvalue weighted by molar-refractivity contribution is 5.85. The number of benzene rings is 1. The quantitative estimate of drug-likeness (QED) is 0.715. The molecule has 2 rings (SSSR count). The van der Waals surface area contributed by atoms with E-state index in [4.69, 9.17) is 0 Å². The second-order valence-corrected chi connectivity index (χ2v) is 5.65. The summed E-state index contributed by atoms with van der Waals surface area (Å²) in [6, 6.07) is 5.58. The molecule has 1 aromatic carbocycles. The topological polar surface area (TPSA) is 65.1 Å². The third kappa shape index (κ3) is 3.95. The zero-order valence-electron chi connectivity index (χ0n) is 12.7. The number of aliphatic carboxylic acids is 1. The highest BCUT2D eigenvalue weighted by atomic mass is 16.4. The Kier molecular flexibility index (Phi) is 4.81. The van der Waals surface area contributed by atoms with Crippen LogP contribution in [0.25, 0.3) is 10.9 Å². The smallest absolute Gasteiger partial charge is 0.321 e. The zero-order chi connectivity index (χ0) is 15.4. The number of carboxylic acid groups (broad SMARTS) is 1. The molecule has 1 atom stereocenters. The summed E-state index contributed by atoms with van der Waals surface area (Å²) in [5.74, 6) is -0.820. The van der Waals surface area contributed by atoms with Gasteiger partial charge >= 0.3 is 5.97 Å². The summed E-state index contributed by atoms with van der Waals surface area (Å²) in [4.78, 5) is 14.6. The van der Waals surface area contributed by atoms with Gasteiger partial charge in [-0.3, -0.25) is 4.79 Å². The Morgan fingerprint density at radius 3 is 2.86 bits per heavy atom. The number of hydrogen-bond donors (Lipinski definition) is 3. The van der Waals surface area contributed by atoms with E-state index < -0.39 is 12.0 Å². The van der Waals surface area contributed by atoms with Crippen LogP contribution in [0.15, 0.2) is 36.0 Å². The predicted octanol–water partition coefficient (Wildman–Crippen LogP) is 3.03. The van der Waals surface area contributed by atoms with E-state index in [1.165, 1.54) is 11.1 Å². The number of aromatic nitrogens is 1. The van der Waals surface area contributed by atoms with Crippen molar-refractivity contribution < 1.29 is 9.90 Å². The summed E-state index contributed by atoms with van der Waals surface area (Å²) in [6.45, 7) is 6.61. The summed E-state index contributed by atoms with van der Waals surface area (Å²) < 4.78 is 0. The molecule has 1 unspecified atom stereocenters. The number of carbonyl (C=O) groups is 1. The lowest BCUT2D eigenvalue weighted by molar-refractivity contribution is -0.139. The first kappa shape index (κ1) is 15.3. The van der Waals surface area contributed by atoms with Crippen LogP contribution in [-0.2, 0) is 11.2 Å². The van der Waals surface area contributed by atoms with Gasteiger partial charge in [-0.25, -0.2) is 0 Å². The lowest BCUT2D eigenvalue weighted by Gasteiger charge is -2.13. The fourth-order valence-electron chi connectivity index (χ4n) is 2.33. The Hall–Kier alpha value is -2.07. The Balaban J connectivity index is 2.17. The lowest BCUT2D eigenvalue weighted by Crippen LogP contribution is -2.38. The van der Waals surface area contributed by atoms with Crippen LogP contribution in [0, 0.1) is 6.92 Å². The van der Waals surface area contributed by atoms with Gasteiger partial charge < -0.3 is 15.4 Å². The van der Waals surface area contributed by atoms with Gasteiger partial charge in [0.2, 0.25) is 0 Å². The van der Waals surface area contributed by atoms with Crippen LogP contribution in [0.2, 0.25) is 0 Å². The predicted molar refractivity (Wildman–Crippen MR) is 85.6 cm³/mol. The van der Waals surface area contributed by atoms with E-state index in [1.807, 2.05) is 45.2 Å². The van der Waals surface area contributed by atoms with E-state index in [2.05, 4.69) is 16.4 Å². The molecule has 1 heterocycles. The monoisotopic (exact) mass is 286 g/mol. The number of H-pyrrole nitrogens is 1. The van der Waals surface area contributed by atoms with Crippen molar-refractivity contribution in [1.82, 2.24) is 10.3 Å². The molecular weight excluding hydrogens is 264 g/mol. The molecule has 0 radical (unpaired) electrons. The zero-order valence-corrected chi connectivity index (χ0v) is 12.7. The van der Waals surface area contributed by atoms with Gasteiger partial charge in [-0.1, -0.05) is 23.3 Å². The van der Waals surface area contributed by atoms with Crippen molar-refractivity contribution in [2.45, 2.75) is 33.2 Å². The van der Waals surface area contributed by atoms with Crippen LogP contribution in [0.1, 0.15) is 25.0 Å². The fraction of sp³-hybridized carbons (Fsp3) is 0.353. The molecule has 0 bridgehead atoms. The highest BCUT2D eigenvalue weighted by Gasteiger charge is 2.18. The number of carboxylic acids is 1. The van der Waals surface area contributed by atoms with Crippen LogP contribution in [0.5, 0.6) is 0 Å². The van der Waals surface area contributed by atoms with Gasteiger partial charge in [0.1, 0.15) is 6.04 Å². The van der Waals surface area contributed by atoms with Crippen molar-refractivity contribution in [2.75, 3.05) is 6.54 Å². The minimum atomic E-state index is -0.820. The minimum absolute atomic E-state index is 0.468. The van der Waals surface area contributed by atoms with E-state index >= 15 is 0 Å². The van der Waals surface area contributed by atoms with E-state index in [1.54, 1.807) is 0 Å². The minimum Gasteiger partial charge on any atom is -0.480 e. The Bertz CT molecular complexity index is 666. The molecule has 0 aliphatic carbocycles. The summed E-state index contributed by atoms with van der Waals surface area (Å²) in [7, 11) is 0. The van der Waals surface area contributed by atoms with E-state index in [9.17, 15) is 9.90 Å². The molecule has 0 saturated carbocycles. The second kappa shape index (κ2) is 6.59. The van der Waals surface area contributed by atoms with Crippen LogP contribution in [0.3, 0.4) is 0 Å². The van der Waals surface area contributed by atoms with Crippen molar-refractivity contribution >= 4 is 16.9 Å². The number of rotatable bonds is 6. The largest absolute Gasteiger partial charge is 0.480 e. The first-order chi connectivity index (χ1) is 9.97. The van der Waals surface area contributed by atoms with Gasteiger partial charge in [0.25, 0.3) is 0 Å². The maximum Gasteiger partial charge on any atom is 0.321 e. The Labute approximate surface area is 124 Å². The van der Waals surface area contributed by atoms with Gasteiger partial charge in [-0.2, -0.15) is 0 Å². The average molecular weight is 286 g/mol. The van der Waals surface area contributed by atoms with Crippen LogP contribution >= 0.6 is 0 Å². The van der Waals surface area contributed by atoms with Crippen LogP contribution < -0.4 is 5.32 Å². The third-order valence-electron chi connectivity index (χ3n) is 3.52. The molecule has 1 aromatic heterocycles. The molecule has 0 aliphatic rings. The molecule has 0 amide bonds. The van der Waals surface area contributed by atoms with Crippen molar-refractivity contribution in [3.8, 4) is 0 Å². The summed E-state index contributed by atoms with van der Waals surface area (Å²) in [5.41, 5.74) is 4.43. The van der Waals surface area contributed by atoms with Crippen molar-refractivity contribution in [1.29, 1.82) is 0 Å². The molecule has 0 aliphatic heterocycles. The normalized spacial score (nSPS) is 12.3. The summed E-state index contributed by atoms with van der Waals surface area (Å²) in [5, 5.41) is 13.6. The van der Waals surface area contributed by atoms with Gasteiger partial charge in [-0.15, -0.1) is 0 Å². The molecule has 0 spiro atoms. The highest BCUT2D eigenvalue weighted by Crippen LogP contribution is 2.21. The summed E-state index contributed by atoms with van der Waals surface area (Å²) >= 11 is 0. The first-order valence-electron chi connectivity index (χ1n) is 7.13. The molecule has 0 saturated heterocycles. The number of aryl methyl sites for hydroxylation is 1. The van der Waals surface area contributed by atoms with E-state index in [-0.39, 0.29) is 0 Å². The number of hydrogen-bond acceptors (Lipinski definition) is 2. The summed E-state index contributed by atoms with van der Waals surface area (Å²) in [6.07, 6.45) is 4.37. The van der Waals surface area contributed by atoms with E-state index in [0.717, 1.165) is 16.5 Å². The van der Waals surface area contributed by atoms with E-state index in [0.29, 0.717) is 13.0 Å². The number of fused-ring (bicyclic) bond motifs is 1. The molecule has 3 N–H and O–H groups in total. The number of aromatic amines is 1. The Morgan fingerprint density at radius 1 is 1.43 bits per heavy atom. The number of allylic oxidation sites excluding steroid dienone is 1. The van der Waals surface area contributed by atoms with Gasteiger partial charge in [0, 0.05) is 30.1 Å². The molecule has 2 aromatic rings. The molecule has 112 valence electrons. The van der Waals surface area contributed by atoms with Gasteiger partial charge in [0.15, 0.2) is 0 Å². The fourth-order valence-corrected chi connectivity index (χ4v) is 2.33. The number of nitrogens with one attached hydrogen (secondary N) is 2. The maximum absolute atomic E-state index is 11.4. The SMILES string of the molecule is CC(C)=CCNC(Cc1c[nH]c2ccc(C)cc12)C(=O)O. The average Bonchev–Trinajstić information content (AvgIpc) is 2.79. The van der Waals surface area contributed by atoms with Crippen LogP contribution in [0.4, 0.5) is 0 Å². The van der Waals surface area contributed by atoms with Gasteiger partial charge in [0.05, 0.1) is 0 Å². The lowest BCUT2D eigenvalue weighted by atomic mass is 10.0. The van der Waals surface area contributed by atoms with Crippen LogP contribution in [-0.4, -0.2) is 28.6 Å². The first-order valence-corrected chi connectivity index (χ1v) is 7.13. The second-order valence-electron chi connectivity index (χ2n) is 5.65. The van der Waals surface area contributed by atoms with Crippen molar-refractivity contribution in [3.05, 3.63) is 47.2 Å². The van der Waals surface area contributed by atoms with Gasteiger partial charge in [-0.05, 0) is 38.5 Å². The molecule has 4 heteroatoms. The maximum atomic E-state index is 11.4. The molecule has 4 nitrogen and oxygen atoms in total. The third-order valence-corrected chi connectivity index (χ3v) is 3.52. The molecule has 0 fully saturated rings. The van der Waals surface area contributed by atoms with Crippen molar-refractivity contribution in [3.63, 3.8) is 0 Å². The molecular formula is C17H22N2O2.